The van der Waals surface area contributed by atoms with E-state index in [0.717, 1.165) is 37.0 Å². The van der Waals surface area contributed by atoms with Crippen molar-refractivity contribution >= 4 is 17.5 Å². The van der Waals surface area contributed by atoms with Crippen LogP contribution in [-0.4, -0.2) is 18.4 Å². The van der Waals surface area contributed by atoms with Gasteiger partial charge in [0.2, 0.25) is 11.8 Å². The van der Waals surface area contributed by atoms with Crippen LogP contribution in [0.3, 0.4) is 0 Å². The van der Waals surface area contributed by atoms with Crippen LogP contribution in [0, 0.1) is 35.9 Å². The third-order valence-corrected chi connectivity index (χ3v) is 6.61. The fourth-order valence-corrected chi connectivity index (χ4v) is 5.76. The van der Waals surface area contributed by atoms with Gasteiger partial charge in [0, 0.05) is 24.1 Å². The van der Waals surface area contributed by atoms with Gasteiger partial charge in [-0.2, -0.15) is 0 Å². The molecule has 0 saturated heterocycles. The maximum absolute atomic E-state index is 13.5. The molecule has 0 spiro atoms. The number of carbonyl (C=O) groups is 2. The minimum atomic E-state index is -0.335. The van der Waals surface area contributed by atoms with Crippen molar-refractivity contribution in [2.75, 3.05) is 11.9 Å². The largest absolute Gasteiger partial charge is 0.355 e. The van der Waals surface area contributed by atoms with Crippen molar-refractivity contribution in [2.45, 2.75) is 51.9 Å². The third kappa shape index (κ3) is 3.36. The van der Waals surface area contributed by atoms with Crippen LogP contribution in [0.15, 0.2) is 18.2 Å². The van der Waals surface area contributed by atoms with Gasteiger partial charge < -0.3 is 10.6 Å². The number of benzene rings is 1. The third-order valence-electron chi connectivity index (χ3n) is 6.61. The smallest absolute Gasteiger partial charge is 0.226 e. The highest BCUT2D eigenvalue weighted by atomic mass is 19.1. The summed E-state index contributed by atoms with van der Waals surface area (Å²) < 4.78 is 13.5. The number of carbonyl (C=O) groups excluding carboxylic acids is 2. The number of nitrogens with one attached hydrogen (secondary N) is 2. The first-order valence-corrected chi connectivity index (χ1v) is 9.78. The Morgan fingerprint density at radius 1 is 1.12 bits per heavy atom. The average molecular weight is 358 g/mol. The Bertz CT molecular complexity index is 695. The predicted molar refractivity (Wildman–Crippen MR) is 98.0 cm³/mol. The van der Waals surface area contributed by atoms with Crippen LogP contribution in [0.5, 0.6) is 0 Å². The van der Waals surface area contributed by atoms with E-state index in [4.69, 9.17) is 0 Å². The van der Waals surface area contributed by atoms with E-state index in [-0.39, 0.29) is 29.5 Å². The van der Waals surface area contributed by atoms with Crippen LogP contribution >= 0.6 is 0 Å². The Labute approximate surface area is 153 Å². The van der Waals surface area contributed by atoms with Crippen LogP contribution in [0.1, 0.15) is 50.5 Å². The molecular formula is C21H27FN2O2. The molecule has 4 aliphatic rings. The first-order chi connectivity index (χ1) is 12.4. The van der Waals surface area contributed by atoms with Gasteiger partial charge in [-0.3, -0.25) is 9.59 Å². The van der Waals surface area contributed by atoms with E-state index in [1.54, 1.807) is 19.1 Å². The van der Waals surface area contributed by atoms with Crippen molar-refractivity contribution in [3.05, 3.63) is 29.6 Å². The summed E-state index contributed by atoms with van der Waals surface area (Å²) in [4.78, 5) is 24.9. The first-order valence-electron chi connectivity index (χ1n) is 9.78. The lowest BCUT2D eigenvalue weighted by molar-refractivity contribution is -0.146. The van der Waals surface area contributed by atoms with Gasteiger partial charge in [-0.05, 0) is 80.9 Å². The van der Waals surface area contributed by atoms with E-state index in [1.807, 2.05) is 0 Å². The van der Waals surface area contributed by atoms with Crippen LogP contribution in [-0.2, 0) is 9.59 Å². The van der Waals surface area contributed by atoms with Crippen LogP contribution in [0.25, 0.3) is 0 Å². The summed E-state index contributed by atoms with van der Waals surface area (Å²) in [6, 6.07) is 4.64. The second-order valence-electron chi connectivity index (χ2n) is 8.72. The van der Waals surface area contributed by atoms with Crippen molar-refractivity contribution < 1.29 is 14.0 Å². The molecule has 0 aromatic heterocycles. The van der Waals surface area contributed by atoms with Crippen molar-refractivity contribution in [3.63, 3.8) is 0 Å². The molecule has 5 rings (SSSR count). The number of halogens is 1. The standard InChI is InChI=1S/C21H27FN2O2/c1-13-2-3-17(9-18(13)22)24-19(25)4-5-23-20(26)21-10-14-6-15(11-21)8-16(7-14)12-21/h2-3,9,14-16H,4-8,10-12H2,1H3,(H,23,26)(H,24,25). The fraction of sp³-hybridized carbons (Fsp3) is 0.619. The molecule has 0 unspecified atom stereocenters. The number of amides is 2. The van der Waals surface area contributed by atoms with Crippen molar-refractivity contribution in [2.24, 2.45) is 23.2 Å². The number of anilines is 1. The molecule has 4 saturated carbocycles. The van der Waals surface area contributed by atoms with E-state index in [2.05, 4.69) is 10.6 Å². The van der Waals surface area contributed by atoms with Gasteiger partial charge in [0.1, 0.15) is 5.82 Å². The second-order valence-corrected chi connectivity index (χ2v) is 8.72. The van der Waals surface area contributed by atoms with E-state index in [9.17, 15) is 14.0 Å². The second kappa shape index (κ2) is 6.67. The Morgan fingerprint density at radius 3 is 2.31 bits per heavy atom. The molecule has 4 nitrogen and oxygen atoms in total. The molecule has 0 heterocycles. The molecule has 4 bridgehead atoms. The van der Waals surface area contributed by atoms with Gasteiger partial charge >= 0.3 is 0 Å². The van der Waals surface area contributed by atoms with Crippen molar-refractivity contribution in [3.8, 4) is 0 Å². The lowest BCUT2D eigenvalue weighted by Gasteiger charge is -2.55. The predicted octanol–water partition coefficient (Wildman–Crippen LogP) is 3.80. The number of aryl methyl sites for hydroxylation is 1. The molecule has 2 N–H and O–H groups in total. The van der Waals surface area contributed by atoms with Gasteiger partial charge in [-0.15, -0.1) is 0 Å². The highest BCUT2D eigenvalue weighted by molar-refractivity contribution is 5.91. The zero-order chi connectivity index (χ0) is 18.3. The summed E-state index contributed by atoms with van der Waals surface area (Å²) in [6.45, 7) is 2.02. The molecule has 0 radical (unpaired) electrons. The summed E-state index contributed by atoms with van der Waals surface area (Å²) in [5.41, 5.74) is 0.821. The molecule has 5 heteroatoms. The highest BCUT2D eigenvalue weighted by Gasteiger charge is 2.54. The summed E-state index contributed by atoms with van der Waals surface area (Å²) >= 11 is 0. The average Bonchev–Trinajstić information content (AvgIpc) is 2.57. The molecular weight excluding hydrogens is 331 g/mol. The Hall–Kier alpha value is -1.91. The van der Waals surface area contributed by atoms with Crippen LogP contribution in [0.2, 0.25) is 0 Å². The summed E-state index contributed by atoms with van der Waals surface area (Å²) in [5, 5.41) is 5.69. The fourth-order valence-electron chi connectivity index (χ4n) is 5.76. The Kier molecular flexibility index (Phi) is 4.49. The molecule has 140 valence electrons. The Balaban J connectivity index is 1.27. The zero-order valence-electron chi connectivity index (χ0n) is 15.3. The van der Waals surface area contributed by atoms with E-state index >= 15 is 0 Å². The highest BCUT2D eigenvalue weighted by Crippen LogP contribution is 2.60. The number of hydrogen-bond acceptors (Lipinski definition) is 2. The molecule has 0 aliphatic heterocycles. The van der Waals surface area contributed by atoms with Gasteiger partial charge in [-0.1, -0.05) is 6.07 Å². The normalized spacial score (nSPS) is 31.7. The monoisotopic (exact) mass is 358 g/mol. The zero-order valence-corrected chi connectivity index (χ0v) is 15.3. The SMILES string of the molecule is Cc1ccc(NC(=O)CCNC(=O)C23CC4CC(CC(C4)C2)C3)cc1F. The quantitative estimate of drug-likeness (QED) is 0.841. The van der Waals surface area contributed by atoms with Gasteiger partial charge in [0.15, 0.2) is 0 Å². The molecule has 1 aromatic carbocycles. The molecule has 4 aliphatic carbocycles. The number of rotatable bonds is 5. The van der Waals surface area contributed by atoms with Crippen molar-refractivity contribution in [1.82, 2.24) is 5.32 Å². The summed E-state index contributed by atoms with van der Waals surface area (Å²) in [7, 11) is 0. The summed E-state index contributed by atoms with van der Waals surface area (Å²) in [6.07, 6.45) is 7.21. The number of hydrogen-bond donors (Lipinski definition) is 2. The van der Waals surface area contributed by atoms with Gasteiger partial charge in [0.05, 0.1) is 0 Å². The molecule has 2 amide bonds. The minimum absolute atomic E-state index is 0.144. The molecule has 4 fully saturated rings. The van der Waals surface area contributed by atoms with Crippen molar-refractivity contribution in [1.29, 1.82) is 0 Å². The topological polar surface area (TPSA) is 58.2 Å². The maximum Gasteiger partial charge on any atom is 0.226 e. The van der Waals surface area contributed by atoms with Crippen LogP contribution < -0.4 is 10.6 Å². The Morgan fingerprint density at radius 2 is 1.73 bits per heavy atom. The van der Waals surface area contributed by atoms with Crippen LogP contribution in [0.4, 0.5) is 10.1 Å². The van der Waals surface area contributed by atoms with Gasteiger partial charge in [0.25, 0.3) is 0 Å². The molecule has 0 atom stereocenters. The van der Waals surface area contributed by atoms with E-state index in [0.29, 0.717) is 17.8 Å². The minimum Gasteiger partial charge on any atom is -0.355 e. The lowest BCUT2D eigenvalue weighted by Crippen LogP contribution is -2.53. The maximum atomic E-state index is 13.5. The van der Waals surface area contributed by atoms with E-state index < -0.39 is 0 Å². The lowest BCUT2D eigenvalue weighted by atomic mass is 9.49. The van der Waals surface area contributed by atoms with E-state index in [1.165, 1.54) is 25.3 Å². The molecule has 26 heavy (non-hydrogen) atoms. The first kappa shape index (κ1) is 17.5. The van der Waals surface area contributed by atoms with Gasteiger partial charge in [-0.25, -0.2) is 4.39 Å². The summed E-state index contributed by atoms with van der Waals surface area (Å²) in [5.74, 6) is 1.79. The molecule has 1 aromatic rings.